The number of nitrogens with zero attached hydrogens (tertiary/aromatic N) is 2. The maximum atomic E-state index is 12.5. The number of aryl methyl sites for hydroxylation is 1. The molecule has 154 valence electrons. The van der Waals surface area contributed by atoms with Crippen LogP contribution in [0, 0.1) is 6.92 Å². The average Bonchev–Trinajstić information content (AvgIpc) is 3.00. The zero-order valence-corrected chi connectivity index (χ0v) is 17.4. The van der Waals surface area contributed by atoms with Crippen molar-refractivity contribution in [1.82, 2.24) is 15.2 Å². The molecule has 0 saturated carbocycles. The summed E-state index contributed by atoms with van der Waals surface area (Å²) in [5.74, 6) is -0.0255. The van der Waals surface area contributed by atoms with Crippen molar-refractivity contribution in [1.29, 1.82) is 0 Å². The summed E-state index contributed by atoms with van der Waals surface area (Å²) in [6, 6.07) is 9.24. The molecular weight excluding hydrogens is 402 g/mol. The lowest BCUT2D eigenvalue weighted by Crippen LogP contribution is -2.36. The first-order valence-electron chi connectivity index (χ1n) is 9.24. The smallest absolute Gasteiger partial charge is 0.293 e. The van der Waals surface area contributed by atoms with Gasteiger partial charge in [-0.15, -0.1) is 0 Å². The Balaban J connectivity index is 1.54. The Hall–Kier alpha value is -3.39. The van der Waals surface area contributed by atoms with Gasteiger partial charge in [-0.1, -0.05) is 17.7 Å². The van der Waals surface area contributed by atoms with Crippen LogP contribution in [0.1, 0.15) is 16.7 Å². The topological polar surface area (TPSA) is 88.6 Å². The van der Waals surface area contributed by atoms with Crippen molar-refractivity contribution in [3.05, 3.63) is 70.4 Å². The highest BCUT2D eigenvalue weighted by molar-refractivity contribution is 8.18. The van der Waals surface area contributed by atoms with Gasteiger partial charge in [0.1, 0.15) is 5.75 Å². The van der Waals surface area contributed by atoms with Crippen molar-refractivity contribution in [3.63, 3.8) is 0 Å². The Morgan fingerprint density at radius 3 is 2.87 bits per heavy atom. The predicted octanol–water partition coefficient (Wildman–Crippen LogP) is 3.26. The molecule has 1 aromatic carbocycles. The van der Waals surface area contributed by atoms with E-state index in [2.05, 4.69) is 10.3 Å². The van der Waals surface area contributed by atoms with Crippen LogP contribution >= 0.6 is 11.8 Å². The van der Waals surface area contributed by atoms with Gasteiger partial charge in [-0.25, -0.2) is 0 Å². The molecule has 8 heteroatoms. The molecule has 30 heavy (non-hydrogen) atoms. The quantitative estimate of drug-likeness (QED) is 0.688. The SMILES string of the molecule is COc1ccc(C)cc1/C=C/C(=O)NCCN1C(=O)S/C(=C/c2cccnc2)C1=O. The van der Waals surface area contributed by atoms with Gasteiger partial charge in [0.15, 0.2) is 0 Å². The lowest BCUT2D eigenvalue weighted by molar-refractivity contribution is -0.123. The summed E-state index contributed by atoms with van der Waals surface area (Å²) in [5, 5.41) is 2.33. The summed E-state index contributed by atoms with van der Waals surface area (Å²) in [6.07, 6.45) is 7.94. The van der Waals surface area contributed by atoms with Crippen molar-refractivity contribution in [2.75, 3.05) is 20.2 Å². The van der Waals surface area contributed by atoms with Crippen LogP contribution in [0.2, 0.25) is 0 Å². The second kappa shape index (κ2) is 9.89. The van der Waals surface area contributed by atoms with Crippen LogP contribution in [0.15, 0.2) is 53.7 Å². The number of rotatable bonds is 7. The molecule has 0 radical (unpaired) electrons. The number of amides is 3. The highest BCUT2D eigenvalue weighted by atomic mass is 32.2. The highest BCUT2D eigenvalue weighted by Gasteiger charge is 2.34. The van der Waals surface area contributed by atoms with Crippen LogP contribution in [-0.2, 0) is 9.59 Å². The zero-order chi connectivity index (χ0) is 21.5. The molecule has 1 aliphatic rings. The van der Waals surface area contributed by atoms with E-state index in [1.807, 2.05) is 25.1 Å². The number of nitrogens with one attached hydrogen (secondary N) is 1. The summed E-state index contributed by atoms with van der Waals surface area (Å²) >= 11 is 0.879. The molecule has 1 fully saturated rings. The zero-order valence-electron chi connectivity index (χ0n) is 16.6. The molecule has 0 atom stereocenters. The predicted molar refractivity (Wildman–Crippen MR) is 117 cm³/mol. The molecule has 2 aromatic rings. The second-order valence-corrected chi connectivity index (χ2v) is 7.48. The Kier molecular flexibility index (Phi) is 7.03. The Labute approximate surface area is 178 Å². The number of thioether (sulfide) groups is 1. The summed E-state index contributed by atoms with van der Waals surface area (Å²) < 4.78 is 5.28. The lowest BCUT2D eigenvalue weighted by atomic mass is 10.1. The minimum atomic E-state index is -0.372. The van der Waals surface area contributed by atoms with E-state index >= 15 is 0 Å². The van der Waals surface area contributed by atoms with Crippen LogP contribution < -0.4 is 10.1 Å². The van der Waals surface area contributed by atoms with Gasteiger partial charge in [0.25, 0.3) is 11.1 Å². The van der Waals surface area contributed by atoms with Gasteiger partial charge >= 0.3 is 0 Å². The molecule has 0 unspecified atom stereocenters. The third kappa shape index (κ3) is 5.36. The van der Waals surface area contributed by atoms with E-state index in [0.717, 1.165) is 33.4 Å². The Morgan fingerprint density at radius 2 is 2.13 bits per heavy atom. The molecule has 3 rings (SSSR count). The molecule has 7 nitrogen and oxygen atoms in total. The normalized spacial score (nSPS) is 15.3. The number of aromatic nitrogens is 1. The molecule has 1 aromatic heterocycles. The fourth-order valence-corrected chi connectivity index (χ4v) is 3.67. The molecule has 3 amide bonds. The van der Waals surface area contributed by atoms with Crippen molar-refractivity contribution in [2.45, 2.75) is 6.92 Å². The van der Waals surface area contributed by atoms with Crippen LogP contribution in [0.25, 0.3) is 12.2 Å². The molecule has 1 aliphatic heterocycles. The number of carbonyl (C=O) groups excluding carboxylic acids is 3. The highest BCUT2D eigenvalue weighted by Crippen LogP contribution is 2.31. The number of hydrogen-bond donors (Lipinski definition) is 1. The summed E-state index contributed by atoms with van der Waals surface area (Å²) in [5.41, 5.74) is 2.58. The first kappa shape index (κ1) is 21.3. The second-order valence-electron chi connectivity index (χ2n) is 6.49. The van der Waals surface area contributed by atoms with Gasteiger partial charge in [-0.2, -0.15) is 0 Å². The average molecular weight is 423 g/mol. The van der Waals surface area contributed by atoms with E-state index in [1.165, 1.54) is 6.08 Å². The lowest BCUT2D eigenvalue weighted by Gasteiger charge is -2.12. The van der Waals surface area contributed by atoms with E-state index in [9.17, 15) is 14.4 Å². The van der Waals surface area contributed by atoms with Crippen LogP contribution in [0.3, 0.4) is 0 Å². The van der Waals surface area contributed by atoms with Crippen LogP contribution in [0.5, 0.6) is 5.75 Å². The summed E-state index contributed by atoms with van der Waals surface area (Å²) in [6.45, 7) is 2.21. The number of imide groups is 1. The van der Waals surface area contributed by atoms with E-state index in [0.29, 0.717) is 10.7 Å². The molecule has 0 bridgehead atoms. The van der Waals surface area contributed by atoms with Crippen molar-refractivity contribution in [2.24, 2.45) is 0 Å². The number of methoxy groups -OCH3 is 1. The van der Waals surface area contributed by atoms with Crippen LogP contribution in [-0.4, -0.2) is 47.1 Å². The molecule has 0 aliphatic carbocycles. The standard InChI is InChI=1S/C22H21N3O4S/c1-15-5-7-18(29-2)17(12-15)6-8-20(26)24-10-11-25-21(27)19(30-22(25)28)13-16-4-3-9-23-14-16/h3-9,12-14H,10-11H2,1-2H3,(H,24,26)/b8-6+,19-13+. The van der Waals surface area contributed by atoms with E-state index in [1.54, 1.807) is 43.8 Å². The number of benzene rings is 1. The van der Waals surface area contributed by atoms with Gasteiger partial charge in [-0.05, 0) is 54.6 Å². The maximum Gasteiger partial charge on any atom is 0.293 e. The maximum absolute atomic E-state index is 12.5. The van der Waals surface area contributed by atoms with Gasteiger partial charge in [0.2, 0.25) is 5.91 Å². The van der Waals surface area contributed by atoms with Crippen molar-refractivity contribution in [3.8, 4) is 5.75 Å². The van der Waals surface area contributed by atoms with Gasteiger partial charge in [0, 0.05) is 37.1 Å². The number of pyridine rings is 1. The Morgan fingerprint density at radius 1 is 1.30 bits per heavy atom. The Bertz CT molecular complexity index is 1020. The fraction of sp³-hybridized carbons (Fsp3) is 0.182. The number of ether oxygens (including phenoxy) is 1. The summed E-state index contributed by atoms with van der Waals surface area (Å²) in [7, 11) is 1.57. The number of carbonyl (C=O) groups is 3. The third-order valence-electron chi connectivity index (χ3n) is 4.29. The van der Waals surface area contributed by atoms with Crippen molar-refractivity contribution < 1.29 is 19.1 Å². The van der Waals surface area contributed by atoms with Crippen LogP contribution in [0.4, 0.5) is 4.79 Å². The van der Waals surface area contributed by atoms with E-state index in [-0.39, 0.29) is 30.1 Å². The molecule has 1 N–H and O–H groups in total. The molecule has 0 spiro atoms. The first-order valence-corrected chi connectivity index (χ1v) is 10.1. The third-order valence-corrected chi connectivity index (χ3v) is 5.20. The molecular formula is C22H21N3O4S. The van der Waals surface area contributed by atoms with E-state index in [4.69, 9.17) is 4.74 Å². The van der Waals surface area contributed by atoms with Gasteiger partial charge in [0.05, 0.1) is 12.0 Å². The first-order chi connectivity index (χ1) is 14.5. The largest absolute Gasteiger partial charge is 0.496 e. The molecule has 2 heterocycles. The fourth-order valence-electron chi connectivity index (χ4n) is 2.80. The minimum Gasteiger partial charge on any atom is -0.496 e. The minimum absolute atomic E-state index is 0.0996. The molecule has 1 saturated heterocycles. The monoisotopic (exact) mass is 423 g/mol. The van der Waals surface area contributed by atoms with Gasteiger partial charge in [-0.3, -0.25) is 24.3 Å². The van der Waals surface area contributed by atoms with Gasteiger partial charge < -0.3 is 10.1 Å². The number of hydrogen-bond acceptors (Lipinski definition) is 6. The summed E-state index contributed by atoms with van der Waals surface area (Å²) in [4.78, 5) is 42.2. The van der Waals surface area contributed by atoms with E-state index < -0.39 is 0 Å². The van der Waals surface area contributed by atoms with Crippen molar-refractivity contribution >= 4 is 41.0 Å².